The van der Waals surface area contributed by atoms with Gasteiger partial charge in [0.25, 0.3) is 0 Å². The van der Waals surface area contributed by atoms with Crippen LogP contribution < -0.4 is 5.32 Å². The average Bonchev–Trinajstić information content (AvgIpc) is 2.40. The van der Waals surface area contributed by atoms with E-state index in [1.54, 1.807) is 6.07 Å². The van der Waals surface area contributed by atoms with E-state index in [-0.39, 0.29) is 18.4 Å². The predicted molar refractivity (Wildman–Crippen MR) is 76.2 cm³/mol. The van der Waals surface area contributed by atoms with Crippen molar-refractivity contribution in [1.82, 2.24) is 10.2 Å². The third-order valence-electron chi connectivity index (χ3n) is 3.58. The Bertz CT molecular complexity index is 417. The summed E-state index contributed by atoms with van der Waals surface area (Å²) in [5.74, 6) is 0. The van der Waals surface area contributed by atoms with E-state index in [1.807, 2.05) is 6.92 Å². The Morgan fingerprint density at radius 2 is 1.90 bits per heavy atom. The first-order valence-electron chi connectivity index (χ1n) is 6.64. The smallest absolute Gasteiger partial charge is 0.314 e. The molecule has 1 aliphatic rings. The van der Waals surface area contributed by atoms with Crippen LogP contribution in [-0.2, 0) is 6.18 Å². The van der Waals surface area contributed by atoms with Gasteiger partial charge in [0, 0.05) is 32.2 Å². The SMILES string of the molecule is CC[C@H](c1cccc(C(F)(F)F)c1)N1CCNCC1.Cl. The van der Waals surface area contributed by atoms with Gasteiger partial charge in [0.05, 0.1) is 5.56 Å². The molecule has 0 unspecified atom stereocenters. The maximum atomic E-state index is 12.8. The summed E-state index contributed by atoms with van der Waals surface area (Å²) >= 11 is 0. The molecule has 0 spiro atoms. The molecule has 1 aromatic carbocycles. The lowest BCUT2D eigenvalue weighted by Gasteiger charge is -2.35. The first kappa shape index (κ1) is 17.3. The molecule has 0 bridgehead atoms. The lowest BCUT2D eigenvalue weighted by atomic mass is 9.99. The highest BCUT2D eigenvalue weighted by Crippen LogP contribution is 2.32. The van der Waals surface area contributed by atoms with Crippen LogP contribution in [0, 0.1) is 0 Å². The molecule has 1 aromatic rings. The second-order valence-corrected chi connectivity index (χ2v) is 4.83. The van der Waals surface area contributed by atoms with Crippen LogP contribution in [0.3, 0.4) is 0 Å². The molecule has 1 fully saturated rings. The third-order valence-corrected chi connectivity index (χ3v) is 3.58. The van der Waals surface area contributed by atoms with E-state index in [0.717, 1.165) is 44.2 Å². The molecule has 1 heterocycles. The van der Waals surface area contributed by atoms with Gasteiger partial charge in [0.15, 0.2) is 0 Å². The van der Waals surface area contributed by atoms with E-state index in [1.165, 1.54) is 12.1 Å². The van der Waals surface area contributed by atoms with Crippen molar-refractivity contribution in [3.63, 3.8) is 0 Å². The Hall–Kier alpha value is -0.780. The number of hydrogen-bond donors (Lipinski definition) is 1. The molecule has 20 heavy (non-hydrogen) atoms. The van der Waals surface area contributed by atoms with Gasteiger partial charge in [0.1, 0.15) is 0 Å². The van der Waals surface area contributed by atoms with E-state index in [2.05, 4.69) is 10.2 Å². The first-order chi connectivity index (χ1) is 9.02. The molecule has 0 aliphatic carbocycles. The van der Waals surface area contributed by atoms with Crippen molar-refractivity contribution in [2.45, 2.75) is 25.6 Å². The van der Waals surface area contributed by atoms with Crippen molar-refractivity contribution in [2.75, 3.05) is 26.2 Å². The zero-order chi connectivity index (χ0) is 13.9. The summed E-state index contributed by atoms with van der Waals surface area (Å²) in [4.78, 5) is 2.26. The Morgan fingerprint density at radius 1 is 1.25 bits per heavy atom. The van der Waals surface area contributed by atoms with Gasteiger partial charge < -0.3 is 5.32 Å². The highest BCUT2D eigenvalue weighted by Gasteiger charge is 2.31. The largest absolute Gasteiger partial charge is 0.416 e. The van der Waals surface area contributed by atoms with Gasteiger partial charge >= 0.3 is 6.18 Å². The van der Waals surface area contributed by atoms with E-state index in [0.29, 0.717) is 0 Å². The quantitative estimate of drug-likeness (QED) is 0.919. The fraction of sp³-hybridized carbons (Fsp3) is 0.571. The summed E-state index contributed by atoms with van der Waals surface area (Å²) in [5.41, 5.74) is 0.206. The Morgan fingerprint density at radius 3 is 2.45 bits per heavy atom. The number of hydrogen-bond acceptors (Lipinski definition) is 2. The summed E-state index contributed by atoms with van der Waals surface area (Å²) in [5, 5.41) is 3.26. The molecule has 114 valence electrons. The first-order valence-corrected chi connectivity index (χ1v) is 6.64. The molecule has 6 heteroatoms. The minimum Gasteiger partial charge on any atom is -0.314 e. The number of halogens is 4. The summed E-state index contributed by atoms with van der Waals surface area (Å²) in [6.07, 6.45) is -3.45. The molecule has 1 atom stereocenters. The maximum absolute atomic E-state index is 12.8. The van der Waals surface area contributed by atoms with Crippen molar-refractivity contribution >= 4 is 12.4 Å². The van der Waals surface area contributed by atoms with Crippen molar-refractivity contribution in [3.05, 3.63) is 35.4 Å². The molecule has 1 aliphatic heterocycles. The number of rotatable bonds is 3. The number of nitrogens with zero attached hydrogens (tertiary/aromatic N) is 1. The van der Waals surface area contributed by atoms with Gasteiger partial charge in [0.2, 0.25) is 0 Å². The molecule has 1 saturated heterocycles. The Labute approximate surface area is 123 Å². The van der Waals surface area contributed by atoms with Crippen LogP contribution in [0.5, 0.6) is 0 Å². The summed E-state index contributed by atoms with van der Waals surface area (Å²) in [6, 6.07) is 5.79. The Balaban J connectivity index is 0.00000200. The van der Waals surface area contributed by atoms with Gasteiger partial charge in [-0.2, -0.15) is 13.2 Å². The van der Waals surface area contributed by atoms with Gasteiger partial charge in [-0.3, -0.25) is 4.90 Å². The molecule has 0 amide bonds. The highest BCUT2D eigenvalue weighted by molar-refractivity contribution is 5.85. The Kier molecular flexibility index (Phi) is 6.30. The fourth-order valence-electron chi connectivity index (χ4n) is 2.62. The van der Waals surface area contributed by atoms with Crippen LogP contribution in [0.4, 0.5) is 13.2 Å². The van der Waals surface area contributed by atoms with E-state index >= 15 is 0 Å². The summed E-state index contributed by atoms with van der Waals surface area (Å²) in [6.45, 7) is 5.58. The second kappa shape index (κ2) is 7.29. The minimum absolute atomic E-state index is 0. The summed E-state index contributed by atoms with van der Waals surface area (Å²) in [7, 11) is 0. The van der Waals surface area contributed by atoms with Gasteiger partial charge in [-0.15, -0.1) is 12.4 Å². The fourth-order valence-corrected chi connectivity index (χ4v) is 2.62. The van der Waals surface area contributed by atoms with E-state index in [9.17, 15) is 13.2 Å². The van der Waals surface area contributed by atoms with Crippen molar-refractivity contribution < 1.29 is 13.2 Å². The molecular formula is C14H20ClF3N2. The zero-order valence-electron chi connectivity index (χ0n) is 11.4. The van der Waals surface area contributed by atoms with Crippen molar-refractivity contribution in [3.8, 4) is 0 Å². The second-order valence-electron chi connectivity index (χ2n) is 4.83. The van der Waals surface area contributed by atoms with E-state index < -0.39 is 11.7 Å². The lowest BCUT2D eigenvalue weighted by Crippen LogP contribution is -2.45. The van der Waals surface area contributed by atoms with Crippen LogP contribution in [0.15, 0.2) is 24.3 Å². The standard InChI is InChI=1S/C14H19F3N2.ClH/c1-2-13(19-8-6-18-7-9-19)11-4-3-5-12(10-11)14(15,16)17;/h3-5,10,13,18H,2,6-9H2,1H3;1H/t13-;/m1./s1. The molecule has 0 saturated carbocycles. The normalized spacial score (nSPS) is 18.4. The van der Waals surface area contributed by atoms with Gasteiger partial charge in [-0.05, 0) is 24.1 Å². The molecular weight excluding hydrogens is 289 g/mol. The van der Waals surface area contributed by atoms with Gasteiger partial charge in [-0.25, -0.2) is 0 Å². The van der Waals surface area contributed by atoms with Crippen molar-refractivity contribution in [2.24, 2.45) is 0 Å². The molecule has 0 radical (unpaired) electrons. The maximum Gasteiger partial charge on any atom is 0.416 e. The zero-order valence-corrected chi connectivity index (χ0v) is 12.2. The van der Waals surface area contributed by atoms with Crippen molar-refractivity contribution in [1.29, 1.82) is 0 Å². The van der Waals surface area contributed by atoms with Gasteiger partial charge in [-0.1, -0.05) is 19.1 Å². The molecule has 2 rings (SSSR count). The number of piperazine rings is 1. The topological polar surface area (TPSA) is 15.3 Å². The predicted octanol–water partition coefficient (Wildman–Crippen LogP) is 3.48. The monoisotopic (exact) mass is 308 g/mol. The third kappa shape index (κ3) is 4.11. The number of benzene rings is 1. The highest BCUT2D eigenvalue weighted by atomic mass is 35.5. The summed E-state index contributed by atoms with van der Waals surface area (Å²) < 4.78 is 38.3. The molecule has 0 aromatic heterocycles. The average molecular weight is 309 g/mol. The number of alkyl halides is 3. The lowest BCUT2D eigenvalue weighted by molar-refractivity contribution is -0.137. The van der Waals surface area contributed by atoms with E-state index in [4.69, 9.17) is 0 Å². The van der Waals surface area contributed by atoms with Crippen LogP contribution >= 0.6 is 12.4 Å². The molecule has 2 nitrogen and oxygen atoms in total. The van der Waals surface area contributed by atoms with Crippen LogP contribution in [-0.4, -0.2) is 31.1 Å². The van der Waals surface area contributed by atoms with Crippen LogP contribution in [0.25, 0.3) is 0 Å². The molecule has 1 N–H and O–H groups in total. The van der Waals surface area contributed by atoms with Crippen LogP contribution in [0.1, 0.15) is 30.5 Å². The van der Waals surface area contributed by atoms with Crippen LogP contribution in [0.2, 0.25) is 0 Å². The minimum atomic E-state index is -4.27. The number of nitrogens with one attached hydrogen (secondary N) is 1.